The Morgan fingerprint density at radius 1 is 0.298 bits per heavy atom. The minimum atomic E-state index is 0.499. The van der Waals surface area contributed by atoms with Gasteiger partial charge in [0, 0.05) is 11.1 Å². The van der Waals surface area contributed by atoms with Gasteiger partial charge in [0.2, 0.25) is 11.8 Å². The van der Waals surface area contributed by atoms with E-state index in [9.17, 15) is 0 Å². The zero-order valence-electron chi connectivity index (χ0n) is 25.5. The molecule has 0 atom stereocenters. The second kappa shape index (κ2) is 11.2. The molecule has 0 unspecified atom stereocenters. The molecule has 0 radical (unpaired) electrons. The fourth-order valence-electron chi connectivity index (χ4n) is 6.77. The summed E-state index contributed by atoms with van der Waals surface area (Å²) in [6.45, 7) is 0. The SMILES string of the molecule is c1ccc(-c2c3ccccc3c(-c3ccc(-c4nnc(-c5ccc(-c6ccc7ccccc7c6)cc5)o4)cc3)c3ccccc23)cc1. The Morgan fingerprint density at radius 2 is 0.702 bits per heavy atom. The highest BCUT2D eigenvalue weighted by molar-refractivity contribution is 6.21. The summed E-state index contributed by atoms with van der Waals surface area (Å²) in [5.41, 5.74) is 8.95. The minimum absolute atomic E-state index is 0.499. The van der Waals surface area contributed by atoms with Crippen molar-refractivity contribution in [1.29, 1.82) is 0 Å². The van der Waals surface area contributed by atoms with Gasteiger partial charge in [0.05, 0.1) is 0 Å². The number of rotatable bonds is 5. The average molecular weight is 601 g/mol. The van der Waals surface area contributed by atoms with Gasteiger partial charge in [0.1, 0.15) is 0 Å². The first-order chi connectivity index (χ1) is 23.3. The highest BCUT2D eigenvalue weighted by Crippen LogP contribution is 2.43. The maximum Gasteiger partial charge on any atom is 0.248 e. The number of hydrogen-bond acceptors (Lipinski definition) is 3. The summed E-state index contributed by atoms with van der Waals surface area (Å²) < 4.78 is 6.19. The first-order valence-electron chi connectivity index (χ1n) is 15.8. The van der Waals surface area contributed by atoms with E-state index in [-0.39, 0.29) is 0 Å². The van der Waals surface area contributed by atoms with Crippen molar-refractivity contribution >= 4 is 32.3 Å². The molecule has 220 valence electrons. The van der Waals surface area contributed by atoms with Crippen molar-refractivity contribution in [3.8, 4) is 56.3 Å². The second-order valence-electron chi connectivity index (χ2n) is 11.8. The van der Waals surface area contributed by atoms with Crippen molar-refractivity contribution in [2.75, 3.05) is 0 Å². The first-order valence-corrected chi connectivity index (χ1v) is 15.8. The van der Waals surface area contributed by atoms with Gasteiger partial charge in [-0.05, 0) is 96.0 Å². The molecular formula is C44H28N2O. The molecule has 8 aromatic carbocycles. The smallest absolute Gasteiger partial charge is 0.248 e. The van der Waals surface area contributed by atoms with Gasteiger partial charge < -0.3 is 4.42 Å². The minimum Gasteiger partial charge on any atom is -0.416 e. The molecule has 0 spiro atoms. The number of fused-ring (bicyclic) bond motifs is 3. The quantitative estimate of drug-likeness (QED) is 0.185. The molecule has 0 aliphatic heterocycles. The molecule has 47 heavy (non-hydrogen) atoms. The number of nitrogens with zero attached hydrogens (tertiary/aromatic N) is 2. The van der Waals surface area contributed by atoms with Crippen LogP contribution >= 0.6 is 0 Å². The van der Waals surface area contributed by atoms with E-state index in [0.29, 0.717) is 11.8 Å². The molecule has 0 amide bonds. The fourth-order valence-corrected chi connectivity index (χ4v) is 6.77. The lowest BCUT2D eigenvalue weighted by Crippen LogP contribution is -1.90. The van der Waals surface area contributed by atoms with E-state index in [1.54, 1.807) is 0 Å². The van der Waals surface area contributed by atoms with Crippen LogP contribution < -0.4 is 0 Å². The van der Waals surface area contributed by atoms with Gasteiger partial charge in [0.15, 0.2) is 0 Å². The van der Waals surface area contributed by atoms with Crippen LogP contribution in [0.25, 0.3) is 88.6 Å². The normalized spacial score (nSPS) is 11.4. The monoisotopic (exact) mass is 600 g/mol. The van der Waals surface area contributed by atoms with Gasteiger partial charge in [-0.1, -0.05) is 140 Å². The van der Waals surface area contributed by atoms with E-state index in [4.69, 9.17) is 4.42 Å². The molecule has 9 rings (SSSR count). The molecular weight excluding hydrogens is 572 g/mol. The second-order valence-corrected chi connectivity index (χ2v) is 11.8. The molecule has 0 bridgehead atoms. The van der Waals surface area contributed by atoms with Gasteiger partial charge in [-0.15, -0.1) is 10.2 Å². The van der Waals surface area contributed by atoms with Crippen LogP contribution in [0.15, 0.2) is 174 Å². The highest BCUT2D eigenvalue weighted by atomic mass is 16.4. The number of hydrogen-bond donors (Lipinski definition) is 0. The third-order valence-corrected chi connectivity index (χ3v) is 9.05. The fraction of sp³-hybridized carbons (Fsp3) is 0. The molecule has 3 heteroatoms. The Kier molecular flexibility index (Phi) is 6.46. The molecule has 0 saturated carbocycles. The van der Waals surface area contributed by atoms with E-state index in [1.165, 1.54) is 54.6 Å². The lowest BCUT2D eigenvalue weighted by Gasteiger charge is -2.17. The Hall–Kier alpha value is -6.32. The lowest BCUT2D eigenvalue weighted by atomic mass is 9.86. The van der Waals surface area contributed by atoms with Gasteiger partial charge in [0.25, 0.3) is 0 Å². The third-order valence-electron chi connectivity index (χ3n) is 9.05. The van der Waals surface area contributed by atoms with Crippen molar-refractivity contribution in [1.82, 2.24) is 10.2 Å². The summed E-state index contributed by atoms with van der Waals surface area (Å²) in [5, 5.41) is 16.2. The third kappa shape index (κ3) is 4.77. The van der Waals surface area contributed by atoms with Crippen LogP contribution in [0, 0.1) is 0 Å². The van der Waals surface area contributed by atoms with Crippen LogP contribution in [-0.4, -0.2) is 10.2 Å². The summed E-state index contributed by atoms with van der Waals surface area (Å²) >= 11 is 0. The zero-order valence-corrected chi connectivity index (χ0v) is 25.5. The van der Waals surface area contributed by atoms with E-state index in [2.05, 4.69) is 168 Å². The zero-order chi connectivity index (χ0) is 31.2. The Morgan fingerprint density at radius 3 is 1.26 bits per heavy atom. The maximum atomic E-state index is 6.19. The Labute approximate surface area is 272 Å². The highest BCUT2D eigenvalue weighted by Gasteiger charge is 2.17. The predicted octanol–water partition coefficient (Wildman–Crippen LogP) is 11.9. The Balaban J connectivity index is 1.05. The molecule has 0 N–H and O–H groups in total. The first kappa shape index (κ1) is 27.0. The average Bonchev–Trinajstić information content (AvgIpc) is 3.65. The number of aromatic nitrogens is 2. The molecule has 3 nitrogen and oxygen atoms in total. The van der Waals surface area contributed by atoms with Crippen LogP contribution in [0.1, 0.15) is 0 Å². The van der Waals surface area contributed by atoms with Crippen molar-refractivity contribution in [2.24, 2.45) is 0 Å². The lowest BCUT2D eigenvalue weighted by molar-refractivity contribution is 0.584. The van der Waals surface area contributed by atoms with E-state index in [0.717, 1.165) is 22.3 Å². The summed E-state index contributed by atoms with van der Waals surface area (Å²) in [4.78, 5) is 0. The molecule has 1 heterocycles. The van der Waals surface area contributed by atoms with Crippen LogP contribution in [0.3, 0.4) is 0 Å². The van der Waals surface area contributed by atoms with Gasteiger partial charge in [-0.2, -0.15) is 0 Å². The molecule has 0 aliphatic rings. The molecule has 9 aromatic rings. The van der Waals surface area contributed by atoms with Gasteiger partial charge >= 0.3 is 0 Å². The van der Waals surface area contributed by atoms with E-state index >= 15 is 0 Å². The van der Waals surface area contributed by atoms with Crippen molar-refractivity contribution in [3.63, 3.8) is 0 Å². The molecule has 1 aromatic heterocycles. The summed E-state index contributed by atoms with van der Waals surface area (Å²) in [7, 11) is 0. The maximum absolute atomic E-state index is 6.19. The van der Waals surface area contributed by atoms with Crippen LogP contribution in [0.4, 0.5) is 0 Å². The standard InChI is InChI=1S/C44H28N2O/c1-2-11-31(12-3-1)41-37-14-6-8-16-39(37)42(40-17-9-7-15-38(40)41)32-21-25-34(26-22-32)44-46-45-43(47-44)33-23-18-30(19-24-33)36-27-20-29-10-4-5-13-35(29)28-36/h1-28H. The van der Waals surface area contributed by atoms with Crippen molar-refractivity contribution < 1.29 is 4.42 Å². The van der Waals surface area contributed by atoms with E-state index in [1.807, 2.05) is 12.1 Å². The van der Waals surface area contributed by atoms with Gasteiger partial charge in [-0.25, -0.2) is 0 Å². The Bertz CT molecular complexity index is 2490. The topological polar surface area (TPSA) is 38.9 Å². The summed E-state index contributed by atoms with van der Waals surface area (Å²) in [6, 6.07) is 59.8. The van der Waals surface area contributed by atoms with E-state index < -0.39 is 0 Å². The van der Waals surface area contributed by atoms with Crippen molar-refractivity contribution in [2.45, 2.75) is 0 Å². The molecule has 0 aliphatic carbocycles. The summed E-state index contributed by atoms with van der Waals surface area (Å²) in [6.07, 6.45) is 0. The largest absolute Gasteiger partial charge is 0.416 e. The van der Waals surface area contributed by atoms with Crippen LogP contribution in [-0.2, 0) is 0 Å². The van der Waals surface area contributed by atoms with Gasteiger partial charge in [-0.3, -0.25) is 0 Å². The van der Waals surface area contributed by atoms with Crippen molar-refractivity contribution in [3.05, 3.63) is 170 Å². The summed E-state index contributed by atoms with van der Waals surface area (Å²) in [5.74, 6) is 1.00. The van der Waals surface area contributed by atoms with Crippen LogP contribution in [0.5, 0.6) is 0 Å². The predicted molar refractivity (Wildman–Crippen MR) is 194 cm³/mol. The number of benzene rings is 8. The molecule has 0 fully saturated rings. The molecule has 0 saturated heterocycles. The van der Waals surface area contributed by atoms with Crippen LogP contribution in [0.2, 0.25) is 0 Å².